The van der Waals surface area contributed by atoms with Gasteiger partial charge in [0.1, 0.15) is 0 Å². The minimum Gasteiger partial charge on any atom is -0.338 e. The second kappa shape index (κ2) is 10.0. The number of carbonyl (C=O) groups excluding carboxylic acids is 1. The van der Waals surface area contributed by atoms with Gasteiger partial charge in [-0.2, -0.15) is 0 Å². The van der Waals surface area contributed by atoms with Gasteiger partial charge in [-0.05, 0) is 37.1 Å². The van der Waals surface area contributed by atoms with Crippen molar-refractivity contribution in [1.82, 2.24) is 14.5 Å². The molecule has 168 valence electrons. The summed E-state index contributed by atoms with van der Waals surface area (Å²) in [4.78, 5) is 32.8. The van der Waals surface area contributed by atoms with E-state index in [-0.39, 0.29) is 23.3 Å². The molecule has 0 aliphatic rings. The number of hydrogen-bond donors (Lipinski definition) is 0. The summed E-state index contributed by atoms with van der Waals surface area (Å²) in [6.45, 7) is 4.45. The first-order valence-electron chi connectivity index (χ1n) is 10.9. The van der Waals surface area contributed by atoms with Gasteiger partial charge in [0.05, 0.1) is 29.2 Å². The normalized spacial score (nSPS) is 12.0. The van der Waals surface area contributed by atoms with Gasteiger partial charge in [-0.1, -0.05) is 84.1 Å². The topological polar surface area (TPSA) is 55.2 Å². The Balaban J connectivity index is 1.60. The Morgan fingerprint density at radius 2 is 1.67 bits per heavy atom. The average Bonchev–Trinajstić information content (AvgIpc) is 2.85. The number of thioether (sulfide) groups is 1. The van der Waals surface area contributed by atoms with E-state index in [2.05, 4.69) is 0 Å². The van der Waals surface area contributed by atoms with Crippen molar-refractivity contribution in [2.75, 3.05) is 12.8 Å². The van der Waals surface area contributed by atoms with Gasteiger partial charge in [0.2, 0.25) is 5.91 Å². The first kappa shape index (κ1) is 22.8. The molecule has 1 amide bonds. The van der Waals surface area contributed by atoms with E-state index in [1.807, 2.05) is 93.7 Å². The number of carbonyl (C=O) groups is 1. The van der Waals surface area contributed by atoms with Crippen LogP contribution in [0, 0.1) is 6.92 Å². The van der Waals surface area contributed by atoms with E-state index in [0.29, 0.717) is 22.6 Å². The highest BCUT2D eigenvalue weighted by atomic mass is 32.2. The number of hydrogen-bond acceptors (Lipinski definition) is 4. The Morgan fingerprint density at radius 3 is 2.39 bits per heavy atom. The van der Waals surface area contributed by atoms with Gasteiger partial charge < -0.3 is 4.90 Å². The number of para-hydroxylation sites is 1. The van der Waals surface area contributed by atoms with Crippen molar-refractivity contribution in [2.24, 2.45) is 0 Å². The van der Waals surface area contributed by atoms with Crippen molar-refractivity contribution < 1.29 is 4.79 Å². The summed E-state index contributed by atoms with van der Waals surface area (Å²) in [6.07, 6.45) is 0. The SMILES string of the molecule is Cc1ccc(Cn2c(SCC(=O)N(C)C(C)c3ccccc3)nc3ccccc3c2=O)cc1. The molecular formula is C27H27N3O2S. The van der Waals surface area contributed by atoms with Crippen LogP contribution in [0.4, 0.5) is 0 Å². The largest absolute Gasteiger partial charge is 0.338 e. The summed E-state index contributed by atoms with van der Waals surface area (Å²) in [6, 6.07) is 25.4. The lowest BCUT2D eigenvalue weighted by atomic mass is 10.1. The highest BCUT2D eigenvalue weighted by molar-refractivity contribution is 7.99. The van der Waals surface area contributed by atoms with E-state index in [1.165, 1.54) is 17.3 Å². The molecule has 0 aliphatic carbocycles. The lowest BCUT2D eigenvalue weighted by molar-refractivity contribution is -0.128. The zero-order valence-electron chi connectivity index (χ0n) is 19.1. The predicted molar refractivity (Wildman–Crippen MR) is 135 cm³/mol. The fourth-order valence-corrected chi connectivity index (χ4v) is 4.59. The van der Waals surface area contributed by atoms with Crippen LogP contribution in [-0.4, -0.2) is 33.2 Å². The zero-order chi connectivity index (χ0) is 23.4. The van der Waals surface area contributed by atoms with Gasteiger partial charge in [-0.25, -0.2) is 4.98 Å². The summed E-state index contributed by atoms with van der Waals surface area (Å²) < 4.78 is 1.67. The summed E-state index contributed by atoms with van der Waals surface area (Å²) in [5.74, 6) is 0.187. The third-order valence-corrected chi connectivity index (χ3v) is 6.83. The van der Waals surface area contributed by atoms with E-state index in [9.17, 15) is 9.59 Å². The molecule has 0 radical (unpaired) electrons. The molecule has 0 fully saturated rings. The highest BCUT2D eigenvalue weighted by Crippen LogP contribution is 2.23. The molecule has 1 atom stereocenters. The quantitative estimate of drug-likeness (QED) is 0.287. The van der Waals surface area contributed by atoms with Crippen LogP contribution >= 0.6 is 11.8 Å². The van der Waals surface area contributed by atoms with Crippen LogP contribution in [0.5, 0.6) is 0 Å². The lowest BCUT2D eigenvalue weighted by Crippen LogP contribution is -2.31. The van der Waals surface area contributed by atoms with Crippen molar-refractivity contribution >= 4 is 28.6 Å². The zero-order valence-corrected chi connectivity index (χ0v) is 19.9. The first-order valence-corrected chi connectivity index (χ1v) is 11.9. The molecule has 0 bridgehead atoms. The van der Waals surface area contributed by atoms with Crippen LogP contribution in [0.15, 0.2) is 88.8 Å². The number of aryl methyl sites for hydroxylation is 1. The predicted octanol–water partition coefficient (Wildman–Crippen LogP) is 5.06. The van der Waals surface area contributed by atoms with Crippen molar-refractivity contribution in [3.05, 3.63) is 106 Å². The van der Waals surface area contributed by atoms with E-state index < -0.39 is 0 Å². The molecule has 3 aromatic carbocycles. The van der Waals surface area contributed by atoms with Crippen molar-refractivity contribution in [3.8, 4) is 0 Å². The Hall–Kier alpha value is -3.38. The number of benzene rings is 3. The van der Waals surface area contributed by atoms with E-state index in [0.717, 1.165) is 11.1 Å². The molecule has 1 aromatic heterocycles. The fraction of sp³-hybridized carbons (Fsp3) is 0.222. The van der Waals surface area contributed by atoms with Crippen molar-refractivity contribution in [3.63, 3.8) is 0 Å². The van der Waals surface area contributed by atoms with Crippen LogP contribution in [-0.2, 0) is 11.3 Å². The Morgan fingerprint density at radius 1 is 1.00 bits per heavy atom. The Kier molecular flexibility index (Phi) is 6.94. The number of amides is 1. The number of aromatic nitrogens is 2. The van der Waals surface area contributed by atoms with Gasteiger partial charge in [-0.15, -0.1) is 0 Å². The van der Waals surface area contributed by atoms with Crippen molar-refractivity contribution in [1.29, 1.82) is 0 Å². The van der Waals surface area contributed by atoms with Crippen LogP contribution < -0.4 is 5.56 Å². The first-order chi connectivity index (χ1) is 15.9. The number of nitrogens with zero attached hydrogens (tertiary/aromatic N) is 3. The van der Waals surface area contributed by atoms with Crippen LogP contribution in [0.1, 0.15) is 29.7 Å². The maximum absolute atomic E-state index is 13.3. The van der Waals surface area contributed by atoms with Crippen LogP contribution in [0.2, 0.25) is 0 Å². The fourth-order valence-electron chi connectivity index (χ4n) is 3.67. The van der Waals surface area contributed by atoms with Gasteiger partial charge in [-0.3, -0.25) is 14.2 Å². The van der Waals surface area contributed by atoms with Crippen LogP contribution in [0.3, 0.4) is 0 Å². The standard InChI is InChI=1S/C27H27N3O2S/c1-19-13-15-21(16-14-19)17-30-26(32)23-11-7-8-12-24(23)28-27(30)33-18-25(31)29(3)20(2)22-9-5-4-6-10-22/h4-16,20H,17-18H2,1-3H3. The Labute approximate surface area is 198 Å². The summed E-state index contributed by atoms with van der Waals surface area (Å²) in [5, 5.41) is 1.13. The van der Waals surface area contributed by atoms with Crippen molar-refractivity contribution in [2.45, 2.75) is 31.6 Å². The molecule has 0 N–H and O–H groups in total. The molecule has 5 nitrogen and oxygen atoms in total. The molecule has 1 heterocycles. The summed E-state index contributed by atoms with van der Waals surface area (Å²) in [7, 11) is 1.81. The second-order valence-electron chi connectivity index (χ2n) is 8.17. The summed E-state index contributed by atoms with van der Waals surface area (Å²) in [5.41, 5.74) is 3.81. The third kappa shape index (κ3) is 5.17. The molecule has 33 heavy (non-hydrogen) atoms. The summed E-state index contributed by atoms with van der Waals surface area (Å²) >= 11 is 1.31. The molecule has 4 aromatic rings. The molecule has 0 spiro atoms. The smallest absolute Gasteiger partial charge is 0.262 e. The molecule has 4 rings (SSSR count). The minimum absolute atomic E-state index is 0.0133. The number of rotatable bonds is 7. The van der Waals surface area contributed by atoms with Gasteiger partial charge >= 0.3 is 0 Å². The maximum Gasteiger partial charge on any atom is 0.262 e. The van der Waals surface area contributed by atoms with Gasteiger partial charge in [0, 0.05) is 7.05 Å². The molecule has 6 heteroatoms. The number of fused-ring (bicyclic) bond motifs is 1. The molecule has 0 aliphatic heterocycles. The van der Waals surface area contributed by atoms with Crippen LogP contribution in [0.25, 0.3) is 10.9 Å². The molecule has 1 unspecified atom stereocenters. The molecular weight excluding hydrogens is 430 g/mol. The van der Waals surface area contributed by atoms with E-state index in [1.54, 1.807) is 15.5 Å². The third-order valence-electron chi connectivity index (χ3n) is 5.87. The maximum atomic E-state index is 13.3. The Bertz CT molecular complexity index is 1320. The highest BCUT2D eigenvalue weighted by Gasteiger charge is 2.19. The van der Waals surface area contributed by atoms with E-state index >= 15 is 0 Å². The monoisotopic (exact) mass is 457 g/mol. The molecule has 0 saturated heterocycles. The lowest BCUT2D eigenvalue weighted by Gasteiger charge is -2.25. The second-order valence-corrected chi connectivity index (χ2v) is 9.11. The average molecular weight is 458 g/mol. The van der Waals surface area contributed by atoms with Gasteiger partial charge in [0.25, 0.3) is 5.56 Å². The van der Waals surface area contributed by atoms with E-state index in [4.69, 9.17) is 4.98 Å². The van der Waals surface area contributed by atoms with Gasteiger partial charge in [0.15, 0.2) is 5.16 Å². The molecule has 0 saturated carbocycles. The minimum atomic E-state index is -0.0952.